The lowest BCUT2D eigenvalue weighted by Crippen LogP contribution is -2.46. The van der Waals surface area contributed by atoms with Crippen LogP contribution in [0.2, 0.25) is 5.02 Å². The zero-order valence-corrected chi connectivity index (χ0v) is 12.5. The lowest BCUT2D eigenvalue weighted by atomic mass is 10.2. The molecule has 3 rings (SSSR count). The Morgan fingerprint density at radius 1 is 1.41 bits per heavy atom. The topological polar surface area (TPSA) is 82.6 Å². The van der Waals surface area contributed by atoms with Crippen LogP contribution in [-0.2, 0) is 9.53 Å². The molecule has 2 N–H and O–H groups in total. The molecule has 7 heteroatoms. The minimum atomic E-state index is -0.931. The van der Waals surface area contributed by atoms with Crippen LogP contribution in [0.1, 0.15) is 16.9 Å². The Bertz CT molecular complexity index is 727. The Morgan fingerprint density at radius 3 is 3.00 bits per heavy atom. The summed E-state index contributed by atoms with van der Waals surface area (Å²) in [4.78, 5) is 28.0. The zero-order chi connectivity index (χ0) is 15.7. The van der Waals surface area contributed by atoms with E-state index in [1.807, 2.05) is 6.07 Å². The van der Waals surface area contributed by atoms with E-state index in [-0.39, 0.29) is 18.9 Å². The molecule has 22 heavy (non-hydrogen) atoms. The molecule has 2 heterocycles. The first-order chi connectivity index (χ1) is 10.5. The van der Waals surface area contributed by atoms with E-state index in [0.29, 0.717) is 23.9 Å². The third-order valence-electron chi connectivity index (χ3n) is 3.64. The highest BCUT2D eigenvalue weighted by molar-refractivity contribution is 6.31. The third-order valence-corrected chi connectivity index (χ3v) is 3.88. The van der Waals surface area contributed by atoms with Crippen molar-refractivity contribution in [1.82, 2.24) is 9.88 Å². The number of carbonyl (C=O) groups is 2. The van der Waals surface area contributed by atoms with Gasteiger partial charge in [-0.25, -0.2) is 0 Å². The maximum absolute atomic E-state index is 12.5. The number of fused-ring (bicyclic) bond motifs is 1. The first kappa shape index (κ1) is 14.9. The molecule has 1 saturated heterocycles. The van der Waals surface area contributed by atoms with Crippen LogP contribution in [-0.4, -0.2) is 52.7 Å². The van der Waals surface area contributed by atoms with E-state index in [9.17, 15) is 9.59 Å². The van der Waals surface area contributed by atoms with Gasteiger partial charge in [-0.05, 0) is 24.3 Å². The van der Waals surface area contributed by atoms with Crippen LogP contribution in [0.3, 0.4) is 0 Å². The summed E-state index contributed by atoms with van der Waals surface area (Å²) in [6.07, 6.45) is -0.569. The van der Waals surface area contributed by atoms with E-state index in [4.69, 9.17) is 21.4 Å². The molecule has 0 spiro atoms. The highest BCUT2D eigenvalue weighted by Gasteiger charge is 2.27. The number of halogens is 1. The standard InChI is InChI=1S/C15H15ClN2O4/c16-10-1-2-12-9(5-10)6-13(17-12)15(21)18-3-4-22-11(8-18)7-14(19)20/h1-2,5-6,11,17H,3-4,7-8H2,(H,19,20)/t11-/m1/s1. The number of aliphatic carboxylic acids is 1. The van der Waals surface area contributed by atoms with Crippen molar-refractivity contribution < 1.29 is 19.4 Å². The van der Waals surface area contributed by atoms with Gasteiger partial charge in [0.1, 0.15) is 5.69 Å². The Balaban J connectivity index is 1.78. The Kier molecular flexibility index (Phi) is 4.04. The average Bonchev–Trinajstić information content (AvgIpc) is 2.89. The molecule has 1 atom stereocenters. The van der Waals surface area contributed by atoms with Gasteiger partial charge >= 0.3 is 5.97 Å². The molecule has 1 fully saturated rings. The van der Waals surface area contributed by atoms with Crippen molar-refractivity contribution in [2.45, 2.75) is 12.5 Å². The van der Waals surface area contributed by atoms with Crippen LogP contribution >= 0.6 is 11.6 Å². The van der Waals surface area contributed by atoms with Crippen LogP contribution < -0.4 is 0 Å². The molecule has 0 radical (unpaired) electrons. The molecule has 6 nitrogen and oxygen atoms in total. The molecule has 1 amide bonds. The largest absolute Gasteiger partial charge is 0.481 e. The van der Waals surface area contributed by atoms with E-state index in [1.54, 1.807) is 23.1 Å². The lowest BCUT2D eigenvalue weighted by molar-refractivity contribution is -0.141. The number of hydrogen-bond donors (Lipinski definition) is 2. The number of aromatic nitrogens is 1. The fraction of sp³-hybridized carbons (Fsp3) is 0.333. The summed E-state index contributed by atoms with van der Waals surface area (Å²) in [5.74, 6) is -1.09. The quantitative estimate of drug-likeness (QED) is 0.907. The number of nitrogens with one attached hydrogen (secondary N) is 1. The van der Waals surface area contributed by atoms with Crippen molar-refractivity contribution in [2.24, 2.45) is 0 Å². The number of benzene rings is 1. The second-order valence-electron chi connectivity index (χ2n) is 5.26. The first-order valence-electron chi connectivity index (χ1n) is 6.94. The van der Waals surface area contributed by atoms with Gasteiger partial charge in [-0.2, -0.15) is 0 Å². The zero-order valence-electron chi connectivity index (χ0n) is 11.7. The van der Waals surface area contributed by atoms with Gasteiger partial charge in [-0.1, -0.05) is 11.6 Å². The van der Waals surface area contributed by atoms with Crippen molar-refractivity contribution in [2.75, 3.05) is 19.7 Å². The number of morpholine rings is 1. The number of aromatic amines is 1. The van der Waals surface area contributed by atoms with Crippen LogP contribution in [0.5, 0.6) is 0 Å². The Morgan fingerprint density at radius 2 is 2.23 bits per heavy atom. The number of hydrogen-bond acceptors (Lipinski definition) is 3. The average molecular weight is 323 g/mol. The molecule has 0 saturated carbocycles. The summed E-state index contributed by atoms with van der Waals surface area (Å²) in [5.41, 5.74) is 1.30. The number of ether oxygens (including phenoxy) is 1. The monoisotopic (exact) mass is 322 g/mol. The highest BCUT2D eigenvalue weighted by atomic mass is 35.5. The van der Waals surface area contributed by atoms with Gasteiger partial charge in [-0.15, -0.1) is 0 Å². The van der Waals surface area contributed by atoms with Crippen molar-refractivity contribution in [3.63, 3.8) is 0 Å². The summed E-state index contributed by atoms with van der Waals surface area (Å²) >= 11 is 5.94. The van der Waals surface area contributed by atoms with Gasteiger partial charge in [-0.3, -0.25) is 9.59 Å². The summed E-state index contributed by atoms with van der Waals surface area (Å²) in [6.45, 7) is 1.07. The van der Waals surface area contributed by atoms with Crippen LogP contribution in [0.4, 0.5) is 0 Å². The van der Waals surface area contributed by atoms with Crippen molar-refractivity contribution in [3.05, 3.63) is 35.0 Å². The molecule has 0 unspecified atom stereocenters. The fourth-order valence-corrected chi connectivity index (χ4v) is 2.79. The third kappa shape index (κ3) is 3.08. The minimum Gasteiger partial charge on any atom is -0.481 e. The van der Waals surface area contributed by atoms with Gasteiger partial charge in [0.05, 0.1) is 19.1 Å². The fourth-order valence-electron chi connectivity index (χ4n) is 2.61. The number of carboxylic acid groups (broad SMARTS) is 1. The molecule has 1 aromatic heterocycles. The predicted molar refractivity (Wildman–Crippen MR) is 81.2 cm³/mol. The van der Waals surface area contributed by atoms with Crippen molar-refractivity contribution in [3.8, 4) is 0 Å². The van der Waals surface area contributed by atoms with Gasteiger partial charge in [0.25, 0.3) is 5.91 Å². The predicted octanol–water partition coefficient (Wildman–Crippen LogP) is 2.14. The first-order valence-corrected chi connectivity index (χ1v) is 7.31. The number of nitrogens with zero attached hydrogens (tertiary/aromatic N) is 1. The Hall–Kier alpha value is -2.05. The maximum Gasteiger partial charge on any atom is 0.306 e. The number of carboxylic acids is 1. The van der Waals surface area contributed by atoms with Gasteiger partial charge in [0.15, 0.2) is 0 Å². The number of H-pyrrole nitrogens is 1. The Labute approximate surface area is 131 Å². The highest BCUT2D eigenvalue weighted by Crippen LogP contribution is 2.21. The second kappa shape index (κ2) is 5.98. The van der Waals surface area contributed by atoms with E-state index in [0.717, 1.165) is 10.9 Å². The molecule has 0 bridgehead atoms. The molecule has 1 aliphatic rings. The molecule has 1 aliphatic heterocycles. The molecule has 0 aliphatic carbocycles. The minimum absolute atomic E-state index is 0.105. The maximum atomic E-state index is 12.5. The summed E-state index contributed by atoms with van der Waals surface area (Å²) in [6, 6.07) is 7.12. The van der Waals surface area contributed by atoms with Crippen molar-refractivity contribution in [1.29, 1.82) is 0 Å². The van der Waals surface area contributed by atoms with Crippen molar-refractivity contribution >= 4 is 34.4 Å². The van der Waals surface area contributed by atoms with E-state index in [1.165, 1.54) is 0 Å². The van der Waals surface area contributed by atoms with E-state index in [2.05, 4.69) is 4.98 Å². The van der Waals surface area contributed by atoms with E-state index < -0.39 is 12.1 Å². The molecule has 1 aromatic carbocycles. The van der Waals surface area contributed by atoms with Gasteiger partial charge < -0.3 is 19.7 Å². The van der Waals surface area contributed by atoms with Crippen LogP contribution in [0, 0.1) is 0 Å². The number of amides is 1. The van der Waals surface area contributed by atoms with Gasteiger partial charge in [0, 0.05) is 29.0 Å². The summed E-state index contributed by atoms with van der Waals surface area (Å²) < 4.78 is 5.38. The van der Waals surface area contributed by atoms with Gasteiger partial charge in [0.2, 0.25) is 0 Å². The molecule has 2 aromatic rings. The second-order valence-corrected chi connectivity index (χ2v) is 5.69. The lowest BCUT2D eigenvalue weighted by Gasteiger charge is -2.32. The summed E-state index contributed by atoms with van der Waals surface area (Å²) in [5, 5.41) is 10.3. The SMILES string of the molecule is O=C(O)C[C@@H]1CN(C(=O)c2cc3cc(Cl)ccc3[nH]2)CCO1. The smallest absolute Gasteiger partial charge is 0.306 e. The number of carbonyl (C=O) groups excluding carboxylic acids is 1. The number of rotatable bonds is 3. The normalized spacial score (nSPS) is 18.6. The molecule has 116 valence electrons. The molecular weight excluding hydrogens is 308 g/mol. The molecular formula is C15H15ClN2O4. The van der Waals surface area contributed by atoms with Crippen LogP contribution in [0.25, 0.3) is 10.9 Å². The van der Waals surface area contributed by atoms with Crippen LogP contribution in [0.15, 0.2) is 24.3 Å². The van der Waals surface area contributed by atoms with E-state index >= 15 is 0 Å². The summed E-state index contributed by atoms with van der Waals surface area (Å²) in [7, 11) is 0.